The predicted octanol–water partition coefficient (Wildman–Crippen LogP) is 4.78. The van der Waals surface area contributed by atoms with E-state index in [2.05, 4.69) is 5.32 Å². The van der Waals surface area contributed by atoms with Crippen LogP contribution in [0, 0.1) is 13.8 Å². The molecule has 0 aromatic heterocycles. The Bertz CT molecular complexity index is 1190. The molecule has 5 heteroatoms. The van der Waals surface area contributed by atoms with Crippen molar-refractivity contribution < 1.29 is 19.1 Å². The normalized spacial score (nSPS) is 12.5. The van der Waals surface area contributed by atoms with E-state index in [1.165, 1.54) is 0 Å². The number of carbonyl (C=O) groups excluding carboxylic acids is 3. The molecule has 0 fully saturated rings. The van der Waals surface area contributed by atoms with Gasteiger partial charge in [-0.1, -0.05) is 54.1 Å². The van der Waals surface area contributed by atoms with E-state index in [1.807, 2.05) is 32.0 Å². The lowest BCUT2D eigenvalue weighted by atomic mass is 10.1. The molecule has 3 aromatic rings. The van der Waals surface area contributed by atoms with E-state index in [4.69, 9.17) is 4.74 Å². The highest BCUT2D eigenvalue weighted by Gasteiger charge is 2.32. The molecule has 1 amide bonds. The standard InChI is InChI=1S/C26H21NO4/c1-16-7-12-23(17(2)13-16)27-24(28)15-31-19-10-8-18(9-11-19)14-22-25(29)20-5-3-4-6-21(20)26(22)30/h3-14H,15H2,1-2H3,(H,27,28). The van der Waals surface area contributed by atoms with Crippen molar-refractivity contribution in [2.45, 2.75) is 13.8 Å². The second-order valence-electron chi connectivity index (χ2n) is 7.49. The van der Waals surface area contributed by atoms with Crippen LogP contribution in [-0.2, 0) is 4.79 Å². The number of hydrogen-bond acceptors (Lipinski definition) is 4. The SMILES string of the molecule is Cc1ccc(NC(=O)COc2ccc(C=C3C(=O)c4ccccc4C3=O)cc2)c(C)c1. The van der Waals surface area contributed by atoms with Gasteiger partial charge in [0.2, 0.25) is 0 Å². The second kappa shape index (κ2) is 8.40. The largest absolute Gasteiger partial charge is 0.484 e. The molecule has 0 unspecified atom stereocenters. The maximum absolute atomic E-state index is 12.5. The number of benzene rings is 3. The molecule has 0 spiro atoms. The Morgan fingerprint density at radius 2 is 1.55 bits per heavy atom. The molecule has 0 radical (unpaired) electrons. The molecule has 1 aliphatic rings. The fraction of sp³-hybridized carbons (Fsp3) is 0.115. The number of nitrogens with one attached hydrogen (secondary N) is 1. The molecule has 0 heterocycles. The molecule has 0 saturated carbocycles. The van der Waals surface area contributed by atoms with E-state index in [1.54, 1.807) is 54.6 Å². The number of anilines is 1. The average molecular weight is 411 g/mol. The lowest BCUT2D eigenvalue weighted by Crippen LogP contribution is -2.20. The van der Waals surface area contributed by atoms with E-state index in [0.29, 0.717) is 22.4 Å². The van der Waals surface area contributed by atoms with Crippen molar-refractivity contribution in [2.75, 3.05) is 11.9 Å². The lowest BCUT2D eigenvalue weighted by molar-refractivity contribution is -0.118. The first-order valence-corrected chi connectivity index (χ1v) is 9.92. The van der Waals surface area contributed by atoms with Crippen LogP contribution in [0.5, 0.6) is 5.75 Å². The number of ether oxygens (including phenoxy) is 1. The molecule has 0 aliphatic heterocycles. The van der Waals surface area contributed by atoms with Gasteiger partial charge in [-0.3, -0.25) is 14.4 Å². The Kier molecular flexibility index (Phi) is 5.50. The highest BCUT2D eigenvalue weighted by Crippen LogP contribution is 2.28. The molecule has 0 bridgehead atoms. The van der Waals surface area contributed by atoms with Gasteiger partial charge in [-0.25, -0.2) is 0 Å². The number of aryl methyl sites for hydroxylation is 2. The van der Waals surface area contributed by atoms with Crippen LogP contribution >= 0.6 is 0 Å². The van der Waals surface area contributed by atoms with Crippen molar-refractivity contribution in [2.24, 2.45) is 0 Å². The minimum atomic E-state index is -0.260. The zero-order valence-electron chi connectivity index (χ0n) is 17.3. The Balaban J connectivity index is 1.39. The van der Waals surface area contributed by atoms with Gasteiger partial charge in [-0.2, -0.15) is 0 Å². The van der Waals surface area contributed by atoms with Gasteiger partial charge in [-0.15, -0.1) is 0 Å². The predicted molar refractivity (Wildman–Crippen MR) is 120 cm³/mol. The molecule has 3 aromatic carbocycles. The van der Waals surface area contributed by atoms with Crippen molar-refractivity contribution in [3.8, 4) is 5.75 Å². The van der Waals surface area contributed by atoms with Crippen LogP contribution in [0.25, 0.3) is 6.08 Å². The molecular formula is C26H21NO4. The summed E-state index contributed by atoms with van der Waals surface area (Å²) in [5.41, 5.74) is 4.62. The summed E-state index contributed by atoms with van der Waals surface area (Å²) < 4.78 is 5.55. The fourth-order valence-electron chi connectivity index (χ4n) is 3.52. The average Bonchev–Trinajstić information content (AvgIpc) is 3.00. The quantitative estimate of drug-likeness (QED) is 0.484. The number of rotatable bonds is 5. The third kappa shape index (κ3) is 4.31. The number of amides is 1. The van der Waals surface area contributed by atoms with Gasteiger partial charge in [0.1, 0.15) is 5.75 Å². The molecule has 1 N–H and O–H groups in total. The molecular weight excluding hydrogens is 390 g/mol. The minimum Gasteiger partial charge on any atom is -0.484 e. The summed E-state index contributed by atoms with van der Waals surface area (Å²) in [6.07, 6.45) is 1.58. The van der Waals surface area contributed by atoms with Gasteiger partial charge in [0.15, 0.2) is 18.2 Å². The van der Waals surface area contributed by atoms with Crippen molar-refractivity contribution in [1.82, 2.24) is 0 Å². The first kappa shape index (κ1) is 20.3. The van der Waals surface area contributed by atoms with Gasteiger partial charge in [0.25, 0.3) is 5.91 Å². The van der Waals surface area contributed by atoms with Crippen LogP contribution in [0.1, 0.15) is 37.4 Å². The highest BCUT2D eigenvalue weighted by atomic mass is 16.5. The van der Waals surface area contributed by atoms with E-state index in [-0.39, 0.29) is 29.7 Å². The third-order valence-electron chi connectivity index (χ3n) is 5.12. The highest BCUT2D eigenvalue weighted by molar-refractivity contribution is 6.41. The summed E-state index contributed by atoms with van der Waals surface area (Å²) in [5.74, 6) is -0.253. The van der Waals surface area contributed by atoms with Gasteiger partial charge in [0, 0.05) is 16.8 Å². The van der Waals surface area contributed by atoms with Gasteiger partial charge in [0.05, 0.1) is 5.57 Å². The smallest absolute Gasteiger partial charge is 0.262 e. The topological polar surface area (TPSA) is 72.5 Å². The zero-order valence-corrected chi connectivity index (χ0v) is 17.3. The van der Waals surface area contributed by atoms with E-state index < -0.39 is 0 Å². The maximum Gasteiger partial charge on any atom is 0.262 e. The summed E-state index contributed by atoms with van der Waals surface area (Å²) >= 11 is 0. The first-order valence-electron chi connectivity index (χ1n) is 9.92. The minimum absolute atomic E-state index is 0.125. The van der Waals surface area contributed by atoms with Crippen molar-refractivity contribution in [3.63, 3.8) is 0 Å². The number of fused-ring (bicyclic) bond motifs is 1. The molecule has 5 nitrogen and oxygen atoms in total. The number of Topliss-reactive ketones (excluding diaryl/α,β-unsaturated/α-hetero) is 2. The van der Waals surface area contributed by atoms with Gasteiger partial charge < -0.3 is 10.1 Å². The molecule has 1 aliphatic carbocycles. The first-order chi connectivity index (χ1) is 14.9. The van der Waals surface area contributed by atoms with Gasteiger partial charge in [-0.05, 0) is 49.2 Å². The number of allylic oxidation sites excluding steroid dienone is 1. The molecule has 0 atom stereocenters. The zero-order chi connectivity index (χ0) is 22.0. The van der Waals surface area contributed by atoms with E-state index >= 15 is 0 Å². The molecule has 154 valence electrons. The van der Waals surface area contributed by atoms with Crippen LogP contribution in [0.3, 0.4) is 0 Å². The van der Waals surface area contributed by atoms with E-state index in [9.17, 15) is 14.4 Å². The summed E-state index contributed by atoms with van der Waals surface area (Å²) in [6.45, 7) is 3.81. The van der Waals surface area contributed by atoms with E-state index in [0.717, 1.165) is 16.8 Å². The van der Waals surface area contributed by atoms with Gasteiger partial charge >= 0.3 is 0 Å². The van der Waals surface area contributed by atoms with Crippen LogP contribution in [0.4, 0.5) is 5.69 Å². The summed E-state index contributed by atoms with van der Waals surface area (Å²) in [7, 11) is 0. The van der Waals surface area contributed by atoms with Crippen LogP contribution in [0.15, 0.2) is 72.3 Å². The summed E-state index contributed by atoms with van der Waals surface area (Å²) in [5, 5.41) is 2.84. The van der Waals surface area contributed by atoms with Crippen LogP contribution < -0.4 is 10.1 Å². The Hall–Kier alpha value is -3.99. The Labute approximate surface area is 180 Å². The van der Waals surface area contributed by atoms with Crippen molar-refractivity contribution >= 4 is 29.2 Å². The number of ketones is 2. The second-order valence-corrected chi connectivity index (χ2v) is 7.49. The fourth-order valence-corrected chi connectivity index (χ4v) is 3.52. The summed E-state index contributed by atoms with van der Waals surface area (Å²) in [6, 6.07) is 19.5. The molecule has 4 rings (SSSR count). The monoisotopic (exact) mass is 411 g/mol. The van der Waals surface area contributed by atoms with Crippen LogP contribution in [-0.4, -0.2) is 24.1 Å². The van der Waals surface area contributed by atoms with Crippen molar-refractivity contribution in [3.05, 3.63) is 100 Å². The number of carbonyl (C=O) groups is 3. The maximum atomic E-state index is 12.5. The molecule has 0 saturated heterocycles. The molecule has 31 heavy (non-hydrogen) atoms. The Morgan fingerprint density at radius 1 is 0.903 bits per heavy atom. The lowest BCUT2D eigenvalue weighted by Gasteiger charge is -2.10. The number of hydrogen-bond donors (Lipinski definition) is 1. The van der Waals surface area contributed by atoms with Crippen LogP contribution in [0.2, 0.25) is 0 Å². The third-order valence-corrected chi connectivity index (χ3v) is 5.12. The summed E-state index contributed by atoms with van der Waals surface area (Å²) in [4.78, 5) is 37.2. The Morgan fingerprint density at radius 3 is 2.16 bits per heavy atom. The van der Waals surface area contributed by atoms with Crippen molar-refractivity contribution in [1.29, 1.82) is 0 Å².